The zero-order chi connectivity index (χ0) is 23.1. The number of ether oxygens (including phenoxy) is 1. The Bertz CT molecular complexity index is 1410. The van der Waals surface area contributed by atoms with Crippen molar-refractivity contribution in [3.05, 3.63) is 106 Å². The number of carbonyl (C=O) groups is 2. The van der Waals surface area contributed by atoms with E-state index in [1.54, 1.807) is 48.5 Å². The highest BCUT2D eigenvalue weighted by Crippen LogP contribution is 2.42. The number of fused-ring (bicyclic) bond motifs is 1. The number of rotatable bonds is 5. The van der Waals surface area contributed by atoms with Gasteiger partial charge in [0.1, 0.15) is 0 Å². The predicted molar refractivity (Wildman–Crippen MR) is 128 cm³/mol. The predicted octanol–water partition coefficient (Wildman–Crippen LogP) is 5.99. The summed E-state index contributed by atoms with van der Waals surface area (Å²) in [6.07, 6.45) is 0. The molecule has 1 aliphatic heterocycles. The number of para-hydroxylation sites is 2. The number of aliphatic hydroxyl groups is 1. The summed E-state index contributed by atoms with van der Waals surface area (Å²) in [7, 11) is 1.52. The van der Waals surface area contributed by atoms with Crippen LogP contribution in [0.15, 0.2) is 99.1 Å². The van der Waals surface area contributed by atoms with Crippen LogP contribution in [-0.2, 0) is 4.79 Å². The van der Waals surface area contributed by atoms with Gasteiger partial charge in [-0.3, -0.25) is 14.5 Å². The van der Waals surface area contributed by atoms with Crippen LogP contribution in [0.4, 0.5) is 5.69 Å². The molecule has 7 heteroatoms. The van der Waals surface area contributed by atoms with Gasteiger partial charge in [0.05, 0.1) is 18.7 Å². The molecule has 2 heterocycles. The molecule has 4 aromatic rings. The summed E-state index contributed by atoms with van der Waals surface area (Å²) in [4.78, 5) is 28.3. The third kappa shape index (κ3) is 3.50. The molecular formula is C26H18BrNO5. The van der Waals surface area contributed by atoms with Crippen LogP contribution in [-0.4, -0.2) is 23.9 Å². The maximum Gasteiger partial charge on any atom is 0.294 e. The van der Waals surface area contributed by atoms with Gasteiger partial charge in [-0.05, 0) is 42.0 Å². The van der Waals surface area contributed by atoms with Crippen LogP contribution < -0.4 is 9.64 Å². The van der Waals surface area contributed by atoms with Crippen molar-refractivity contribution in [1.29, 1.82) is 0 Å². The molecule has 6 nitrogen and oxygen atoms in total. The fraction of sp³-hybridized carbons (Fsp3) is 0.0769. The van der Waals surface area contributed by atoms with E-state index in [0.29, 0.717) is 28.0 Å². The molecule has 0 spiro atoms. The highest BCUT2D eigenvalue weighted by atomic mass is 79.9. The molecule has 0 radical (unpaired) electrons. The molecule has 1 aromatic heterocycles. The Balaban J connectivity index is 1.66. The van der Waals surface area contributed by atoms with Gasteiger partial charge in [-0.25, -0.2) is 0 Å². The number of Topliss-reactive ketones (excluding diaryl/α,β-unsaturated/α-hetero) is 1. The van der Waals surface area contributed by atoms with Gasteiger partial charge in [-0.2, -0.15) is 0 Å². The molecule has 0 fully saturated rings. The smallest absolute Gasteiger partial charge is 0.294 e. The normalized spacial score (nSPS) is 16.0. The lowest BCUT2D eigenvalue weighted by molar-refractivity contribution is -0.117. The van der Waals surface area contributed by atoms with E-state index >= 15 is 0 Å². The molecule has 0 bridgehead atoms. The highest BCUT2D eigenvalue weighted by molar-refractivity contribution is 9.10. The minimum atomic E-state index is -0.824. The number of methoxy groups -OCH3 is 1. The van der Waals surface area contributed by atoms with Crippen molar-refractivity contribution >= 4 is 44.3 Å². The first-order valence-electron chi connectivity index (χ1n) is 10.2. The number of benzene rings is 3. The van der Waals surface area contributed by atoms with E-state index in [2.05, 4.69) is 15.9 Å². The molecule has 1 aliphatic rings. The van der Waals surface area contributed by atoms with Gasteiger partial charge in [0.25, 0.3) is 5.91 Å². The summed E-state index contributed by atoms with van der Waals surface area (Å²) >= 11 is 3.42. The maximum absolute atomic E-state index is 13.7. The fourth-order valence-corrected chi connectivity index (χ4v) is 4.36. The van der Waals surface area contributed by atoms with Gasteiger partial charge in [0, 0.05) is 15.5 Å². The molecule has 1 unspecified atom stereocenters. The second-order valence-electron chi connectivity index (χ2n) is 7.55. The number of halogens is 1. The number of ketones is 1. The summed E-state index contributed by atoms with van der Waals surface area (Å²) in [6, 6.07) is 22.3. The first-order valence-corrected chi connectivity index (χ1v) is 11.0. The van der Waals surface area contributed by atoms with Crippen LogP contribution in [0.2, 0.25) is 0 Å². The van der Waals surface area contributed by atoms with Crippen molar-refractivity contribution in [2.75, 3.05) is 12.0 Å². The Morgan fingerprint density at radius 1 is 1.03 bits per heavy atom. The average molecular weight is 504 g/mol. The lowest BCUT2D eigenvalue weighted by Crippen LogP contribution is -2.30. The van der Waals surface area contributed by atoms with Crippen molar-refractivity contribution in [1.82, 2.24) is 0 Å². The van der Waals surface area contributed by atoms with Crippen LogP contribution in [0.5, 0.6) is 5.75 Å². The van der Waals surface area contributed by atoms with E-state index in [4.69, 9.17) is 9.15 Å². The third-order valence-electron chi connectivity index (χ3n) is 5.62. The van der Waals surface area contributed by atoms with Crippen molar-refractivity contribution in [3.8, 4) is 5.75 Å². The Labute approximate surface area is 197 Å². The quantitative estimate of drug-likeness (QED) is 0.338. The van der Waals surface area contributed by atoms with Gasteiger partial charge in [0.2, 0.25) is 5.78 Å². The molecule has 0 aliphatic carbocycles. The fourth-order valence-electron chi connectivity index (χ4n) is 4.09. The molecule has 164 valence electrons. The number of amides is 1. The van der Waals surface area contributed by atoms with E-state index in [0.717, 1.165) is 4.47 Å². The minimum Gasteiger partial charge on any atom is -0.503 e. The Kier molecular flexibility index (Phi) is 5.26. The average Bonchev–Trinajstić information content (AvgIpc) is 3.39. The van der Waals surface area contributed by atoms with Gasteiger partial charge in [-0.15, -0.1) is 0 Å². The number of furan rings is 1. The minimum absolute atomic E-state index is 0.0147. The Morgan fingerprint density at radius 3 is 2.45 bits per heavy atom. The highest BCUT2D eigenvalue weighted by Gasteiger charge is 2.45. The topological polar surface area (TPSA) is 80.0 Å². The molecule has 1 atom stereocenters. The van der Waals surface area contributed by atoms with E-state index < -0.39 is 23.5 Å². The lowest BCUT2D eigenvalue weighted by atomic mass is 9.95. The number of aliphatic hydroxyl groups excluding tert-OH is 1. The molecule has 1 amide bonds. The van der Waals surface area contributed by atoms with Crippen LogP contribution in [0.25, 0.3) is 11.0 Å². The van der Waals surface area contributed by atoms with Crippen molar-refractivity contribution in [3.63, 3.8) is 0 Å². The molecule has 5 rings (SSSR count). The second kappa shape index (κ2) is 8.26. The first-order chi connectivity index (χ1) is 16.0. The first kappa shape index (κ1) is 21.0. The maximum atomic E-state index is 13.7. The van der Waals surface area contributed by atoms with Gasteiger partial charge in [-0.1, -0.05) is 58.4 Å². The zero-order valence-electron chi connectivity index (χ0n) is 17.5. The zero-order valence-corrected chi connectivity index (χ0v) is 19.1. The standard InChI is InChI=1S/C26H18BrNO5/c1-32-19-9-5-6-16-14-20(33-25(16)19)23(29)21-22(15-10-12-17(27)13-11-15)28(26(31)24(21)30)18-7-3-2-4-8-18/h2-14,22,30H,1H3. The Morgan fingerprint density at radius 2 is 1.76 bits per heavy atom. The van der Waals surface area contributed by atoms with Gasteiger partial charge >= 0.3 is 0 Å². The number of carbonyl (C=O) groups excluding carboxylic acids is 2. The number of anilines is 1. The van der Waals surface area contributed by atoms with E-state index in [-0.39, 0.29) is 11.3 Å². The Hall–Kier alpha value is -3.84. The lowest BCUT2D eigenvalue weighted by Gasteiger charge is -2.26. The van der Waals surface area contributed by atoms with Crippen LogP contribution in [0.3, 0.4) is 0 Å². The molecule has 0 saturated carbocycles. The van der Waals surface area contributed by atoms with Crippen LogP contribution >= 0.6 is 15.9 Å². The van der Waals surface area contributed by atoms with Crippen molar-refractivity contribution < 1.29 is 23.8 Å². The van der Waals surface area contributed by atoms with Crippen LogP contribution in [0, 0.1) is 0 Å². The van der Waals surface area contributed by atoms with E-state index in [1.165, 1.54) is 12.0 Å². The summed E-state index contributed by atoms with van der Waals surface area (Å²) < 4.78 is 12.0. The number of hydrogen-bond donors (Lipinski definition) is 1. The summed E-state index contributed by atoms with van der Waals surface area (Å²) in [6.45, 7) is 0. The van der Waals surface area contributed by atoms with E-state index in [1.807, 2.05) is 30.3 Å². The van der Waals surface area contributed by atoms with Crippen LogP contribution in [0.1, 0.15) is 22.2 Å². The molecule has 1 N–H and O–H groups in total. The largest absolute Gasteiger partial charge is 0.503 e. The SMILES string of the molecule is COc1cccc2cc(C(=O)C3=C(O)C(=O)N(c4ccccc4)C3c3ccc(Br)cc3)oc12. The monoisotopic (exact) mass is 503 g/mol. The molecule has 3 aromatic carbocycles. The van der Waals surface area contributed by atoms with E-state index in [9.17, 15) is 14.7 Å². The summed E-state index contributed by atoms with van der Waals surface area (Å²) in [5.74, 6) is -1.30. The van der Waals surface area contributed by atoms with Gasteiger partial charge in [0.15, 0.2) is 22.9 Å². The van der Waals surface area contributed by atoms with Crippen molar-refractivity contribution in [2.24, 2.45) is 0 Å². The summed E-state index contributed by atoms with van der Waals surface area (Å²) in [5, 5.41) is 11.6. The summed E-state index contributed by atoms with van der Waals surface area (Å²) in [5.41, 5.74) is 1.63. The van der Waals surface area contributed by atoms with Crippen molar-refractivity contribution in [2.45, 2.75) is 6.04 Å². The molecule has 33 heavy (non-hydrogen) atoms. The third-order valence-corrected chi connectivity index (χ3v) is 6.15. The molecular weight excluding hydrogens is 486 g/mol. The number of hydrogen-bond acceptors (Lipinski definition) is 5. The van der Waals surface area contributed by atoms with Gasteiger partial charge < -0.3 is 14.3 Å². The number of nitrogens with zero attached hydrogens (tertiary/aromatic N) is 1. The molecule has 0 saturated heterocycles. The second-order valence-corrected chi connectivity index (χ2v) is 8.46.